The van der Waals surface area contributed by atoms with Gasteiger partial charge in [0.25, 0.3) is 5.91 Å². The molecular formula is C31H33F3N4O4. The number of ether oxygens (including phenoxy) is 1. The summed E-state index contributed by atoms with van der Waals surface area (Å²) in [6.45, 7) is 3.73. The van der Waals surface area contributed by atoms with Crippen molar-refractivity contribution in [2.75, 3.05) is 32.1 Å². The lowest BCUT2D eigenvalue weighted by molar-refractivity contribution is -0.137. The van der Waals surface area contributed by atoms with Crippen molar-refractivity contribution in [3.63, 3.8) is 0 Å². The zero-order valence-corrected chi connectivity index (χ0v) is 23.5. The van der Waals surface area contributed by atoms with Gasteiger partial charge in [-0.3, -0.25) is 4.79 Å². The van der Waals surface area contributed by atoms with E-state index < -0.39 is 29.9 Å². The van der Waals surface area contributed by atoms with Gasteiger partial charge in [0.05, 0.1) is 24.8 Å². The van der Waals surface area contributed by atoms with Gasteiger partial charge in [-0.1, -0.05) is 49.4 Å². The lowest BCUT2D eigenvalue weighted by atomic mass is 10.00. The third-order valence-corrected chi connectivity index (χ3v) is 7.07. The van der Waals surface area contributed by atoms with Crippen molar-refractivity contribution in [3.05, 3.63) is 89.1 Å². The van der Waals surface area contributed by atoms with Gasteiger partial charge in [-0.15, -0.1) is 0 Å². The Morgan fingerprint density at radius 3 is 2.48 bits per heavy atom. The van der Waals surface area contributed by atoms with Crippen LogP contribution in [0.2, 0.25) is 0 Å². The number of amides is 3. The Morgan fingerprint density at radius 1 is 1.17 bits per heavy atom. The molecule has 3 amide bonds. The minimum atomic E-state index is -4.48. The largest absolute Gasteiger partial charge is 0.472 e. The number of alkyl halides is 3. The number of carbonyl (C=O) groups is 2. The third kappa shape index (κ3) is 7.47. The highest BCUT2D eigenvalue weighted by Crippen LogP contribution is 2.30. The minimum absolute atomic E-state index is 0.0972. The minimum Gasteiger partial charge on any atom is -0.472 e. The Hall–Kier alpha value is -4.38. The van der Waals surface area contributed by atoms with Crippen LogP contribution in [0.25, 0.3) is 12.2 Å². The maximum absolute atomic E-state index is 13.6. The average molecular weight is 583 g/mol. The first-order valence-electron chi connectivity index (χ1n) is 13.5. The molecule has 4 rings (SSSR count). The van der Waals surface area contributed by atoms with Gasteiger partial charge >= 0.3 is 12.2 Å². The van der Waals surface area contributed by atoms with Crippen LogP contribution in [0, 0.1) is 5.92 Å². The molecule has 2 aromatic carbocycles. The maximum Gasteiger partial charge on any atom is 0.416 e. The van der Waals surface area contributed by atoms with Crippen LogP contribution < -0.4 is 10.1 Å². The normalized spacial score (nSPS) is 18.1. The number of aliphatic hydroxyl groups excluding tert-OH is 1. The fourth-order valence-electron chi connectivity index (χ4n) is 4.50. The Balaban J connectivity index is 1.55. The predicted molar refractivity (Wildman–Crippen MR) is 154 cm³/mol. The molecule has 42 heavy (non-hydrogen) atoms. The summed E-state index contributed by atoms with van der Waals surface area (Å²) in [5, 5.41) is 12.5. The smallest absolute Gasteiger partial charge is 0.416 e. The van der Waals surface area contributed by atoms with Crippen LogP contribution in [-0.2, 0) is 6.18 Å². The van der Waals surface area contributed by atoms with E-state index in [1.807, 2.05) is 49.4 Å². The maximum atomic E-state index is 13.6. The highest BCUT2D eigenvalue weighted by Gasteiger charge is 2.35. The van der Waals surface area contributed by atoms with Gasteiger partial charge < -0.3 is 25.0 Å². The molecule has 0 radical (unpaired) electrons. The van der Waals surface area contributed by atoms with Crippen molar-refractivity contribution < 1.29 is 32.6 Å². The number of urea groups is 1. The molecule has 1 aromatic heterocycles. The van der Waals surface area contributed by atoms with E-state index in [1.165, 1.54) is 17.0 Å². The quantitative estimate of drug-likeness (QED) is 0.375. The SMILES string of the molecule is C[C@@H]1CN([C@@H](C)CO)C(=O)c2cc(/C=C/c3ccccc3)cnc2O[C@H]1CN(C)C(=O)Nc1ccc(C(F)(F)F)cc1. The molecule has 1 aliphatic heterocycles. The summed E-state index contributed by atoms with van der Waals surface area (Å²) in [7, 11) is 1.54. The predicted octanol–water partition coefficient (Wildman–Crippen LogP) is 5.65. The summed E-state index contributed by atoms with van der Waals surface area (Å²) in [5.41, 5.74) is 1.30. The summed E-state index contributed by atoms with van der Waals surface area (Å²) >= 11 is 0. The molecule has 0 unspecified atom stereocenters. The Kier molecular flexibility index (Phi) is 9.52. The van der Waals surface area contributed by atoms with E-state index in [-0.39, 0.29) is 48.7 Å². The topological polar surface area (TPSA) is 95.0 Å². The molecule has 3 aromatic rings. The number of benzene rings is 2. The number of carbonyl (C=O) groups excluding carboxylic acids is 2. The highest BCUT2D eigenvalue weighted by molar-refractivity contribution is 5.97. The molecule has 0 aliphatic carbocycles. The van der Waals surface area contributed by atoms with Crippen molar-refractivity contribution in [1.29, 1.82) is 0 Å². The van der Waals surface area contributed by atoms with Crippen LogP contribution in [0.5, 0.6) is 5.88 Å². The lowest BCUT2D eigenvalue weighted by Crippen LogP contribution is -2.50. The number of nitrogens with zero attached hydrogens (tertiary/aromatic N) is 3. The van der Waals surface area contributed by atoms with E-state index in [1.54, 1.807) is 31.1 Å². The molecule has 1 aliphatic rings. The van der Waals surface area contributed by atoms with Crippen molar-refractivity contribution >= 4 is 29.8 Å². The number of aromatic nitrogens is 1. The van der Waals surface area contributed by atoms with E-state index in [2.05, 4.69) is 10.3 Å². The van der Waals surface area contributed by atoms with Crippen molar-refractivity contribution in [2.45, 2.75) is 32.2 Å². The van der Waals surface area contributed by atoms with Crippen LogP contribution in [-0.4, -0.2) is 70.7 Å². The Labute approximate surface area is 242 Å². The number of pyridine rings is 1. The first kappa shape index (κ1) is 30.6. The van der Waals surface area contributed by atoms with Crippen LogP contribution in [0.1, 0.15) is 40.9 Å². The molecule has 0 saturated carbocycles. The molecule has 8 nitrogen and oxygen atoms in total. The first-order chi connectivity index (χ1) is 20.0. The third-order valence-electron chi connectivity index (χ3n) is 7.07. The number of hydrogen-bond donors (Lipinski definition) is 2. The Bertz CT molecular complexity index is 1410. The van der Waals surface area contributed by atoms with E-state index in [9.17, 15) is 27.9 Å². The lowest BCUT2D eigenvalue weighted by Gasteiger charge is -2.37. The number of nitrogens with one attached hydrogen (secondary N) is 1. The molecule has 2 N–H and O–H groups in total. The second-order valence-corrected chi connectivity index (χ2v) is 10.4. The van der Waals surface area contributed by atoms with E-state index in [4.69, 9.17) is 4.74 Å². The summed E-state index contributed by atoms with van der Waals surface area (Å²) in [5.74, 6) is -0.482. The molecule has 2 heterocycles. The van der Waals surface area contributed by atoms with Crippen molar-refractivity contribution in [1.82, 2.24) is 14.8 Å². The Morgan fingerprint density at radius 2 is 1.83 bits per heavy atom. The molecule has 0 saturated heterocycles. The zero-order valence-electron chi connectivity index (χ0n) is 23.5. The second kappa shape index (κ2) is 13.1. The molecule has 0 fully saturated rings. The monoisotopic (exact) mass is 582 g/mol. The standard InChI is InChI=1S/C31H33F3N4O4/c1-20-17-38(21(2)19-39)29(40)26-15-23(10-9-22-7-5-4-6-8-22)16-35-28(26)42-27(20)18-37(3)30(41)36-25-13-11-24(12-14-25)31(32,33)34/h4-16,20-21,27,39H,17-19H2,1-3H3,(H,36,41)/b10-9+/t20-,21+,27+/m1/s1. The van der Waals surface area contributed by atoms with Gasteiger partial charge in [0.1, 0.15) is 11.7 Å². The van der Waals surface area contributed by atoms with E-state index in [0.717, 1.165) is 17.7 Å². The molecule has 11 heteroatoms. The number of hydrogen-bond acceptors (Lipinski definition) is 5. The van der Waals surface area contributed by atoms with Crippen LogP contribution in [0.3, 0.4) is 0 Å². The fraction of sp³-hybridized carbons (Fsp3) is 0.323. The fourth-order valence-corrected chi connectivity index (χ4v) is 4.50. The first-order valence-corrected chi connectivity index (χ1v) is 13.5. The second-order valence-electron chi connectivity index (χ2n) is 10.4. The molecule has 222 valence electrons. The average Bonchev–Trinajstić information content (AvgIpc) is 2.97. The van der Waals surface area contributed by atoms with Crippen LogP contribution in [0.15, 0.2) is 66.9 Å². The number of anilines is 1. The number of halogens is 3. The number of likely N-dealkylation sites (N-methyl/N-ethyl adjacent to an activating group) is 1. The van der Waals surface area contributed by atoms with Crippen LogP contribution in [0.4, 0.5) is 23.7 Å². The van der Waals surface area contributed by atoms with Gasteiger partial charge in [0, 0.05) is 31.4 Å². The summed E-state index contributed by atoms with van der Waals surface area (Å²) in [4.78, 5) is 33.9. The summed E-state index contributed by atoms with van der Waals surface area (Å²) in [6, 6.07) is 14.5. The van der Waals surface area contributed by atoms with Gasteiger partial charge in [-0.25, -0.2) is 9.78 Å². The van der Waals surface area contributed by atoms with E-state index >= 15 is 0 Å². The zero-order chi connectivity index (χ0) is 30.4. The van der Waals surface area contributed by atoms with Crippen molar-refractivity contribution in [3.8, 4) is 5.88 Å². The van der Waals surface area contributed by atoms with Gasteiger partial charge in [-0.2, -0.15) is 13.2 Å². The van der Waals surface area contributed by atoms with Gasteiger partial charge in [0.2, 0.25) is 5.88 Å². The molecule has 0 bridgehead atoms. The molecule has 0 spiro atoms. The van der Waals surface area contributed by atoms with Gasteiger partial charge in [-0.05, 0) is 48.4 Å². The molecule has 3 atom stereocenters. The highest BCUT2D eigenvalue weighted by atomic mass is 19.4. The number of rotatable bonds is 7. The van der Waals surface area contributed by atoms with Crippen molar-refractivity contribution in [2.24, 2.45) is 5.92 Å². The molecular weight excluding hydrogens is 549 g/mol. The van der Waals surface area contributed by atoms with Gasteiger partial charge in [0.15, 0.2) is 0 Å². The van der Waals surface area contributed by atoms with E-state index in [0.29, 0.717) is 5.56 Å². The van der Waals surface area contributed by atoms with Crippen LogP contribution >= 0.6 is 0 Å². The number of aliphatic hydroxyl groups is 1. The summed E-state index contributed by atoms with van der Waals surface area (Å²) < 4.78 is 44.9. The summed E-state index contributed by atoms with van der Waals surface area (Å²) in [6.07, 6.45) is 0.272. The number of fused-ring (bicyclic) bond motifs is 1.